The Morgan fingerprint density at radius 3 is 2.63 bits per heavy atom. The molecule has 1 aromatic carbocycles. The summed E-state index contributed by atoms with van der Waals surface area (Å²) in [6.07, 6.45) is 4.67. The molecule has 7 nitrogen and oxygen atoms in total. The van der Waals surface area contributed by atoms with Gasteiger partial charge in [-0.25, -0.2) is 4.98 Å². The van der Waals surface area contributed by atoms with Gasteiger partial charge in [-0.3, -0.25) is 14.2 Å². The van der Waals surface area contributed by atoms with E-state index in [9.17, 15) is 4.79 Å². The van der Waals surface area contributed by atoms with E-state index in [0.717, 1.165) is 51.0 Å². The number of nitrogens with one attached hydrogen (secondary N) is 1. The Kier molecular flexibility index (Phi) is 5.67. The van der Waals surface area contributed by atoms with Crippen molar-refractivity contribution >= 4 is 32.7 Å². The van der Waals surface area contributed by atoms with Crippen LogP contribution in [0, 0.1) is 13.8 Å². The third-order valence-corrected chi connectivity index (χ3v) is 5.76. The minimum Gasteiger partial charge on any atom is -0.352 e. The molecule has 0 saturated carbocycles. The second kappa shape index (κ2) is 8.39. The standard InChI is InChI=1S/C22H23BrN6O/c1-14-18(12-28(3)26-14)21-11-17(16-7-4-5-8-20(16)25-21)22(30)24-9-6-10-29-13-19(23)15(2)27-29/h4-5,7-8,11-13H,6,9-10H2,1-3H3,(H,24,30). The maximum atomic E-state index is 13.0. The number of para-hydroxylation sites is 1. The molecule has 0 fully saturated rings. The number of pyridine rings is 1. The first kappa shape index (κ1) is 20.3. The zero-order valence-electron chi connectivity index (χ0n) is 17.2. The molecule has 0 spiro atoms. The molecule has 1 N–H and O–H groups in total. The Bertz CT molecular complexity index is 1210. The molecule has 3 heterocycles. The summed E-state index contributed by atoms with van der Waals surface area (Å²) in [6, 6.07) is 9.57. The minimum atomic E-state index is -0.103. The van der Waals surface area contributed by atoms with Crippen LogP contribution >= 0.6 is 15.9 Å². The van der Waals surface area contributed by atoms with Crippen LogP contribution in [0.3, 0.4) is 0 Å². The number of halogens is 1. The molecular weight excluding hydrogens is 444 g/mol. The van der Waals surface area contributed by atoms with Gasteiger partial charge in [-0.05, 0) is 48.3 Å². The fourth-order valence-electron chi connectivity index (χ4n) is 3.50. The van der Waals surface area contributed by atoms with E-state index >= 15 is 0 Å². The Labute approximate surface area is 183 Å². The third kappa shape index (κ3) is 4.14. The predicted octanol–water partition coefficient (Wildman–Crippen LogP) is 4.03. The van der Waals surface area contributed by atoms with Crippen LogP contribution < -0.4 is 5.32 Å². The van der Waals surface area contributed by atoms with Gasteiger partial charge in [-0.1, -0.05) is 18.2 Å². The topological polar surface area (TPSA) is 77.6 Å². The Hall–Kier alpha value is -3.00. The summed E-state index contributed by atoms with van der Waals surface area (Å²) in [5.74, 6) is -0.103. The lowest BCUT2D eigenvalue weighted by atomic mass is 10.0. The summed E-state index contributed by atoms with van der Waals surface area (Å²) >= 11 is 3.47. The SMILES string of the molecule is Cc1nn(CCCNC(=O)c2cc(-c3cn(C)nc3C)nc3ccccc23)cc1Br. The van der Waals surface area contributed by atoms with Crippen LogP contribution in [-0.4, -0.2) is 37.0 Å². The van der Waals surface area contributed by atoms with Gasteiger partial charge in [0.15, 0.2) is 0 Å². The van der Waals surface area contributed by atoms with Crippen molar-refractivity contribution in [2.75, 3.05) is 6.54 Å². The van der Waals surface area contributed by atoms with Crippen molar-refractivity contribution < 1.29 is 4.79 Å². The molecule has 0 atom stereocenters. The Morgan fingerprint density at radius 1 is 1.13 bits per heavy atom. The molecule has 30 heavy (non-hydrogen) atoms. The smallest absolute Gasteiger partial charge is 0.252 e. The normalized spacial score (nSPS) is 11.2. The van der Waals surface area contributed by atoms with Gasteiger partial charge in [0.25, 0.3) is 5.91 Å². The number of nitrogens with zero attached hydrogens (tertiary/aromatic N) is 5. The number of aryl methyl sites for hydroxylation is 4. The average Bonchev–Trinajstić information content (AvgIpc) is 3.24. The molecule has 1 amide bonds. The lowest BCUT2D eigenvalue weighted by Gasteiger charge is -2.10. The van der Waals surface area contributed by atoms with E-state index in [1.54, 1.807) is 4.68 Å². The molecule has 0 aliphatic rings. The monoisotopic (exact) mass is 466 g/mol. The maximum Gasteiger partial charge on any atom is 0.252 e. The van der Waals surface area contributed by atoms with Crippen molar-refractivity contribution in [1.82, 2.24) is 29.9 Å². The number of amides is 1. The third-order valence-electron chi connectivity index (χ3n) is 4.99. The van der Waals surface area contributed by atoms with Crippen molar-refractivity contribution in [2.45, 2.75) is 26.8 Å². The van der Waals surface area contributed by atoms with Gasteiger partial charge in [0.05, 0.1) is 32.6 Å². The van der Waals surface area contributed by atoms with Crippen LogP contribution in [0.2, 0.25) is 0 Å². The van der Waals surface area contributed by atoms with Crippen LogP contribution in [0.4, 0.5) is 0 Å². The van der Waals surface area contributed by atoms with Gasteiger partial charge in [0.2, 0.25) is 0 Å². The van der Waals surface area contributed by atoms with Gasteiger partial charge >= 0.3 is 0 Å². The number of fused-ring (bicyclic) bond motifs is 1. The molecule has 8 heteroatoms. The quantitative estimate of drug-likeness (QED) is 0.435. The Morgan fingerprint density at radius 2 is 1.93 bits per heavy atom. The van der Waals surface area contributed by atoms with Crippen molar-refractivity contribution in [3.05, 3.63) is 64.1 Å². The highest BCUT2D eigenvalue weighted by atomic mass is 79.9. The molecule has 0 bridgehead atoms. The summed E-state index contributed by atoms with van der Waals surface area (Å²) < 4.78 is 4.64. The highest BCUT2D eigenvalue weighted by Gasteiger charge is 2.16. The second-order valence-electron chi connectivity index (χ2n) is 7.31. The molecule has 154 valence electrons. The van der Waals surface area contributed by atoms with Gasteiger partial charge in [0, 0.05) is 43.5 Å². The highest BCUT2D eigenvalue weighted by Crippen LogP contribution is 2.26. The van der Waals surface area contributed by atoms with Crippen LogP contribution in [0.1, 0.15) is 28.2 Å². The van der Waals surface area contributed by atoms with Gasteiger partial charge in [0.1, 0.15) is 0 Å². The lowest BCUT2D eigenvalue weighted by Crippen LogP contribution is -2.25. The van der Waals surface area contributed by atoms with Crippen LogP contribution in [0.15, 0.2) is 47.2 Å². The van der Waals surface area contributed by atoms with E-state index < -0.39 is 0 Å². The van der Waals surface area contributed by atoms with E-state index in [-0.39, 0.29) is 5.91 Å². The number of hydrogen-bond donors (Lipinski definition) is 1. The molecule has 0 aliphatic heterocycles. The Balaban J connectivity index is 1.54. The summed E-state index contributed by atoms with van der Waals surface area (Å²) in [5.41, 5.74) is 4.93. The molecular formula is C22H23BrN6O. The van der Waals surface area contributed by atoms with Crippen molar-refractivity contribution in [3.8, 4) is 11.3 Å². The molecule has 0 unspecified atom stereocenters. The summed E-state index contributed by atoms with van der Waals surface area (Å²) in [6.45, 7) is 5.21. The van der Waals surface area contributed by atoms with Crippen molar-refractivity contribution in [1.29, 1.82) is 0 Å². The molecule has 0 radical (unpaired) electrons. The van der Waals surface area contributed by atoms with E-state index in [2.05, 4.69) is 31.4 Å². The minimum absolute atomic E-state index is 0.103. The molecule has 4 rings (SSSR count). The van der Waals surface area contributed by atoms with E-state index in [1.165, 1.54) is 0 Å². The molecule has 4 aromatic rings. The zero-order chi connectivity index (χ0) is 21.3. The van der Waals surface area contributed by atoms with Crippen LogP contribution in [-0.2, 0) is 13.6 Å². The van der Waals surface area contributed by atoms with Crippen molar-refractivity contribution in [2.24, 2.45) is 7.05 Å². The largest absolute Gasteiger partial charge is 0.352 e. The van der Waals surface area contributed by atoms with Crippen LogP contribution in [0.25, 0.3) is 22.2 Å². The van der Waals surface area contributed by atoms with E-state index in [0.29, 0.717) is 12.1 Å². The summed E-state index contributed by atoms with van der Waals surface area (Å²) in [7, 11) is 1.88. The van der Waals surface area contributed by atoms with Gasteiger partial charge < -0.3 is 5.32 Å². The first-order chi connectivity index (χ1) is 14.4. The number of benzene rings is 1. The molecule has 3 aromatic heterocycles. The second-order valence-corrected chi connectivity index (χ2v) is 8.16. The summed E-state index contributed by atoms with van der Waals surface area (Å²) in [5, 5.41) is 12.7. The van der Waals surface area contributed by atoms with Gasteiger partial charge in [-0.2, -0.15) is 10.2 Å². The fraction of sp³-hybridized carbons (Fsp3) is 0.273. The molecule has 0 saturated heterocycles. The van der Waals surface area contributed by atoms with Crippen molar-refractivity contribution in [3.63, 3.8) is 0 Å². The fourth-order valence-corrected chi connectivity index (χ4v) is 3.81. The number of carbonyl (C=O) groups is 1. The van der Waals surface area contributed by atoms with E-state index in [4.69, 9.17) is 4.98 Å². The first-order valence-electron chi connectivity index (χ1n) is 9.80. The average molecular weight is 467 g/mol. The molecule has 0 aliphatic carbocycles. The van der Waals surface area contributed by atoms with Gasteiger partial charge in [-0.15, -0.1) is 0 Å². The number of carbonyl (C=O) groups excluding carboxylic acids is 1. The highest BCUT2D eigenvalue weighted by molar-refractivity contribution is 9.10. The number of hydrogen-bond acceptors (Lipinski definition) is 4. The number of rotatable bonds is 6. The maximum absolute atomic E-state index is 13.0. The predicted molar refractivity (Wildman–Crippen MR) is 120 cm³/mol. The first-order valence-corrected chi connectivity index (χ1v) is 10.6. The number of aromatic nitrogens is 5. The van der Waals surface area contributed by atoms with Crippen LogP contribution in [0.5, 0.6) is 0 Å². The zero-order valence-corrected chi connectivity index (χ0v) is 18.8. The van der Waals surface area contributed by atoms with E-state index in [1.807, 2.05) is 68.3 Å². The lowest BCUT2D eigenvalue weighted by molar-refractivity contribution is 0.0954. The summed E-state index contributed by atoms with van der Waals surface area (Å²) in [4.78, 5) is 17.8.